The van der Waals surface area contributed by atoms with E-state index in [9.17, 15) is 0 Å². The van der Waals surface area contributed by atoms with E-state index in [1.54, 1.807) is 0 Å². The highest BCUT2D eigenvalue weighted by Crippen LogP contribution is 2.11. The average molecular weight is 204 g/mol. The normalized spacial score (nSPS) is 14.3. The SMILES string of the molecule is C=CCC(C)=CCC=C(C)CC(C)=CC. The predicted molar refractivity (Wildman–Crippen MR) is 71.0 cm³/mol. The first-order valence-corrected chi connectivity index (χ1v) is 5.64. The Kier molecular flexibility index (Phi) is 7.71. The molecule has 0 aliphatic carbocycles. The van der Waals surface area contributed by atoms with Gasteiger partial charge in [-0.15, -0.1) is 6.58 Å². The molecule has 0 aromatic heterocycles. The molecule has 0 radical (unpaired) electrons. The fourth-order valence-electron chi connectivity index (χ4n) is 1.39. The van der Waals surface area contributed by atoms with Crippen LogP contribution in [-0.2, 0) is 0 Å². The largest absolute Gasteiger partial charge is 0.103 e. The molecule has 0 aliphatic heterocycles. The van der Waals surface area contributed by atoms with Gasteiger partial charge in [-0.2, -0.15) is 0 Å². The van der Waals surface area contributed by atoms with E-state index >= 15 is 0 Å². The second-order valence-electron chi connectivity index (χ2n) is 4.14. The maximum atomic E-state index is 3.73. The first-order valence-electron chi connectivity index (χ1n) is 5.64. The second-order valence-corrected chi connectivity index (χ2v) is 4.14. The maximum Gasteiger partial charge on any atom is -0.0114 e. The number of allylic oxidation sites excluding steroid dienone is 7. The molecule has 0 spiro atoms. The van der Waals surface area contributed by atoms with Gasteiger partial charge < -0.3 is 0 Å². The summed E-state index contributed by atoms with van der Waals surface area (Å²) < 4.78 is 0. The zero-order valence-corrected chi connectivity index (χ0v) is 10.6. The van der Waals surface area contributed by atoms with Crippen molar-refractivity contribution in [3.63, 3.8) is 0 Å². The third-order valence-electron chi connectivity index (χ3n) is 2.45. The zero-order valence-electron chi connectivity index (χ0n) is 10.6. The lowest BCUT2D eigenvalue weighted by Gasteiger charge is -2.00. The first-order chi connectivity index (χ1) is 7.10. The molecule has 0 aliphatic rings. The van der Waals surface area contributed by atoms with Crippen molar-refractivity contribution in [2.75, 3.05) is 0 Å². The Morgan fingerprint density at radius 2 is 1.60 bits per heavy atom. The summed E-state index contributed by atoms with van der Waals surface area (Å²) in [6, 6.07) is 0. The Morgan fingerprint density at radius 3 is 2.13 bits per heavy atom. The van der Waals surface area contributed by atoms with E-state index in [0.717, 1.165) is 19.3 Å². The van der Waals surface area contributed by atoms with Crippen molar-refractivity contribution in [1.82, 2.24) is 0 Å². The molecule has 0 aromatic carbocycles. The van der Waals surface area contributed by atoms with E-state index in [1.165, 1.54) is 16.7 Å². The van der Waals surface area contributed by atoms with Gasteiger partial charge >= 0.3 is 0 Å². The lowest BCUT2D eigenvalue weighted by atomic mass is 10.1. The number of rotatable bonds is 6. The van der Waals surface area contributed by atoms with Gasteiger partial charge in [0.2, 0.25) is 0 Å². The summed E-state index contributed by atoms with van der Waals surface area (Å²) in [7, 11) is 0. The second kappa shape index (κ2) is 8.28. The summed E-state index contributed by atoms with van der Waals surface area (Å²) in [5.74, 6) is 0. The molecule has 0 rings (SSSR count). The smallest absolute Gasteiger partial charge is 0.0114 e. The van der Waals surface area contributed by atoms with Crippen LogP contribution < -0.4 is 0 Å². The van der Waals surface area contributed by atoms with E-state index in [2.05, 4.69) is 52.5 Å². The van der Waals surface area contributed by atoms with Crippen LogP contribution in [0.1, 0.15) is 47.0 Å². The fraction of sp³-hybridized carbons (Fsp3) is 0.467. The minimum Gasteiger partial charge on any atom is -0.103 e. The molecule has 0 fully saturated rings. The topological polar surface area (TPSA) is 0 Å². The molecule has 0 N–H and O–H groups in total. The van der Waals surface area contributed by atoms with Crippen LogP contribution in [0.3, 0.4) is 0 Å². The highest BCUT2D eigenvalue weighted by atomic mass is 14.0. The van der Waals surface area contributed by atoms with Gasteiger partial charge in [0.15, 0.2) is 0 Å². The van der Waals surface area contributed by atoms with Crippen LogP contribution in [-0.4, -0.2) is 0 Å². The molecule has 0 amide bonds. The summed E-state index contributed by atoms with van der Waals surface area (Å²) in [5, 5.41) is 0. The van der Waals surface area contributed by atoms with Crippen molar-refractivity contribution in [2.24, 2.45) is 0 Å². The van der Waals surface area contributed by atoms with Crippen LogP contribution in [0.15, 0.2) is 47.6 Å². The lowest BCUT2D eigenvalue weighted by molar-refractivity contribution is 1.07. The van der Waals surface area contributed by atoms with Crippen LogP contribution >= 0.6 is 0 Å². The molecule has 0 nitrogen and oxygen atoms in total. The molecule has 84 valence electrons. The average Bonchev–Trinajstić information content (AvgIpc) is 2.18. The summed E-state index contributed by atoms with van der Waals surface area (Å²) in [4.78, 5) is 0. The van der Waals surface area contributed by atoms with Crippen LogP contribution in [0.4, 0.5) is 0 Å². The van der Waals surface area contributed by atoms with Crippen LogP contribution in [0.5, 0.6) is 0 Å². The Morgan fingerprint density at radius 1 is 1.00 bits per heavy atom. The predicted octanol–water partition coefficient (Wildman–Crippen LogP) is 5.20. The van der Waals surface area contributed by atoms with Gasteiger partial charge in [0.1, 0.15) is 0 Å². The quantitative estimate of drug-likeness (QED) is 0.521. The van der Waals surface area contributed by atoms with Crippen LogP contribution in [0, 0.1) is 0 Å². The molecule has 0 heteroatoms. The number of hydrogen-bond acceptors (Lipinski definition) is 0. The van der Waals surface area contributed by atoms with Crippen LogP contribution in [0.25, 0.3) is 0 Å². The molecular weight excluding hydrogens is 180 g/mol. The molecule has 0 atom stereocenters. The summed E-state index contributed by atoms with van der Waals surface area (Å²) in [5.41, 5.74) is 4.29. The molecule has 0 saturated heterocycles. The summed E-state index contributed by atoms with van der Waals surface area (Å²) in [6.07, 6.45) is 11.9. The third kappa shape index (κ3) is 7.99. The standard InChI is InChI=1S/C15H24/c1-6-9-14(4)10-8-11-15(5)12-13(3)7-2/h6-7,10-11H,1,8-9,12H2,2-5H3. The Bertz CT molecular complexity index is 274. The monoisotopic (exact) mass is 204 g/mol. The van der Waals surface area contributed by atoms with Gasteiger partial charge in [-0.1, -0.05) is 41.0 Å². The van der Waals surface area contributed by atoms with Crippen molar-refractivity contribution >= 4 is 0 Å². The third-order valence-corrected chi connectivity index (χ3v) is 2.45. The van der Waals surface area contributed by atoms with Gasteiger partial charge in [0, 0.05) is 0 Å². The Balaban J connectivity index is 4.06. The van der Waals surface area contributed by atoms with E-state index in [-0.39, 0.29) is 0 Å². The van der Waals surface area contributed by atoms with E-state index in [4.69, 9.17) is 0 Å². The molecule has 0 bridgehead atoms. The van der Waals surface area contributed by atoms with Crippen molar-refractivity contribution in [3.8, 4) is 0 Å². The number of hydrogen-bond donors (Lipinski definition) is 0. The maximum absolute atomic E-state index is 3.73. The highest BCUT2D eigenvalue weighted by Gasteiger charge is 1.90. The molecule has 0 unspecified atom stereocenters. The molecule has 0 aromatic rings. The molecule has 0 saturated carbocycles. The van der Waals surface area contributed by atoms with Gasteiger partial charge in [0.25, 0.3) is 0 Å². The molecule has 0 heterocycles. The summed E-state index contributed by atoms with van der Waals surface area (Å²) in [6.45, 7) is 12.4. The van der Waals surface area contributed by atoms with Crippen molar-refractivity contribution in [1.29, 1.82) is 0 Å². The van der Waals surface area contributed by atoms with Gasteiger partial charge in [-0.3, -0.25) is 0 Å². The minimum atomic E-state index is 1.00. The summed E-state index contributed by atoms with van der Waals surface area (Å²) >= 11 is 0. The highest BCUT2D eigenvalue weighted by molar-refractivity contribution is 5.14. The zero-order chi connectivity index (χ0) is 11.7. The van der Waals surface area contributed by atoms with E-state index in [0.29, 0.717) is 0 Å². The minimum absolute atomic E-state index is 1.00. The van der Waals surface area contributed by atoms with E-state index < -0.39 is 0 Å². The van der Waals surface area contributed by atoms with E-state index in [1.807, 2.05) is 6.08 Å². The van der Waals surface area contributed by atoms with Crippen molar-refractivity contribution in [2.45, 2.75) is 47.0 Å². The van der Waals surface area contributed by atoms with Gasteiger partial charge in [-0.25, -0.2) is 0 Å². The molecule has 15 heavy (non-hydrogen) atoms. The Hall–Kier alpha value is -1.04. The fourth-order valence-corrected chi connectivity index (χ4v) is 1.39. The van der Waals surface area contributed by atoms with Gasteiger partial charge in [-0.05, 0) is 47.0 Å². The van der Waals surface area contributed by atoms with Crippen molar-refractivity contribution < 1.29 is 0 Å². The Labute approximate surface area is 95.1 Å². The van der Waals surface area contributed by atoms with Crippen LogP contribution in [0.2, 0.25) is 0 Å². The first kappa shape index (κ1) is 14.0. The lowest BCUT2D eigenvalue weighted by Crippen LogP contribution is -1.80. The van der Waals surface area contributed by atoms with Crippen molar-refractivity contribution in [3.05, 3.63) is 47.6 Å². The molecular formula is C15H24. The van der Waals surface area contributed by atoms with Gasteiger partial charge in [0.05, 0.1) is 0 Å².